The molecule has 0 aliphatic rings. The SMILES string of the molecule is CCCCCCCCCc1ccc(OP(Oc2ccc(CCCCCCCCC)c(CCCCCCCCC)c2)Oc2ccc(CCCCCCCCC)c(CCCCCCCCC)c2)cc1CCCCCCCCC. The van der Waals surface area contributed by atoms with Crippen LogP contribution in [0.25, 0.3) is 0 Å². The third kappa shape index (κ3) is 33.8. The molecule has 0 radical (unpaired) electrons. The van der Waals surface area contributed by atoms with E-state index in [1.54, 1.807) is 0 Å². The smallest absolute Gasteiger partial charge is 0.408 e. The van der Waals surface area contributed by atoms with E-state index in [-0.39, 0.29) is 0 Å². The highest BCUT2D eigenvalue weighted by atomic mass is 31.2. The molecule has 3 nitrogen and oxygen atoms in total. The number of aryl methyl sites for hydroxylation is 6. The van der Waals surface area contributed by atoms with E-state index in [0.717, 1.165) is 55.8 Å². The molecule has 0 aliphatic carbocycles. The number of unbranched alkanes of at least 4 members (excludes halogenated alkanes) is 36. The lowest BCUT2D eigenvalue weighted by Crippen LogP contribution is -2.05. The molecular formula is C72H123O3P. The zero-order valence-corrected chi connectivity index (χ0v) is 52.2. The average Bonchev–Trinajstić information content (AvgIpc) is 3.43. The first kappa shape index (κ1) is 67.8. The van der Waals surface area contributed by atoms with Crippen LogP contribution in [0.1, 0.15) is 345 Å². The molecule has 0 spiro atoms. The second-order valence-electron chi connectivity index (χ2n) is 23.5. The van der Waals surface area contributed by atoms with Gasteiger partial charge in [-0.05, 0) is 147 Å². The van der Waals surface area contributed by atoms with Crippen LogP contribution in [0.15, 0.2) is 54.6 Å². The second-order valence-corrected chi connectivity index (χ2v) is 24.5. The van der Waals surface area contributed by atoms with E-state index < -0.39 is 8.60 Å². The molecule has 0 amide bonds. The van der Waals surface area contributed by atoms with Gasteiger partial charge in [0.05, 0.1) is 0 Å². The maximum Gasteiger partial charge on any atom is 0.530 e. The molecule has 4 heteroatoms. The molecule has 0 bridgehead atoms. The summed E-state index contributed by atoms with van der Waals surface area (Å²) >= 11 is 0. The van der Waals surface area contributed by atoms with E-state index in [1.165, 1.54) is 303 Å². The minimum atomic E-state index is -1.79. The molecule has 0 unspecified atom stereocenters. The van der Waals surface area contributed by atoms with Crippen LogP contribution < -0.4 is 13.6 Å². The lowest BCUT2D eigenvalue weighted by Gasteiger charge is -2.21. The predicted octanol–water partition coefficient (Wildman–Crippen LogP) is 25.2. The van der Waals surface area contributed by atoms with Gasteiger partial charge >= 0.3 is 8.60 Å². The maximum absolute atomic E-state index is 7.06. The highest BCUT2D eigenvalue weighted by Crippen LogP contribution is 2.44. The summed E-state index contributed by atoms with van der Waals surface area (Å²) in [6, 6.07) is 20.9. The van der Waals surface area contributed by atoms with Crippen molar-refractivity contribution >= 4 is 8.60 Å². The Morgan fingerprint density at radius 3 is 0.579 bits per heavy atom. The normalized spacial score (nSPS) is 11.6. The van der Waals surface area contributed by atoms with E-state index >= 15 is 0 Å². The summed E-state index contributed by atoms with van der Waals surface area (Å²) in [5.41, 5.74) is 8.92. The molecule has 0 heterocycles. The quantitative estimate of drug-likeness (QED) is 0.0416. The number of hydrogen-bond acceptors (Lipinski definition) is 3. The first-order valence-electron chi connectivity index (χ1n) is 33.7. The Kier molecular flexibility index (Phi) is 43.2. The lowest BCUT2D eigenvalue weighted by molar-refractivity contribution is 0.387. The van der Waals surface area contributed by atoms with Crippen molar-refractivity contribution < 1.29 is 13.6 Å². The predicted molar refractivity (Wildman–Crippen MR) is 338 cm³/mol. The lowest BCUT2D eigenvalue weighted by atomic mass is 9.96. The van der Waals surface area contributed by atoms with Gasteiger partial charge in [0.1, 0.15) is 17.2 Å². The molecule has 76 heavy (non-hydrogen) atoms. The first-order valence-corrected chi connectivity index (χ1v) is 34.8. The van der Waals surface area contributed by atoms with E-state index in [9.17, 15) is 0 Å². The van der Waals surface area contributed by atoms with E-state index in [0.29, 0.717) is 0 Å². The van der Waals surface area contributed by atoms with Crippen molar-refractivity contribution in [3.05, 3.63) is 88.0 Å². The van der Waals surface area contributed by atoms with Crippen LogP contribution in [0.5, 0.6) is 17.2 Å². The molecule has 3 aromatic rings. The molecule has 434 valence electrons. The Morgan fingerprint density at radius 2 is 0.382 bits per heavy atom. The van der Waals surface area contributed by atoms with Crippen molar-refractivity contribution in [3.8, 4) is 17.2 Å². The summed E-state index contributed by atoms with van der Waals surface area (Å²) in [4.78, 5) is 0. The first-order chi connectivity index (χ1) is 37.5. The summed E-state index contributed by atoms with van der Waals surface area (Å²) in [5.74, 6) is 2.64. The molecule has 0 saturated carbocycles. The van der Waals surface area contributed by atoms with Crippen molar-refractivity contribution in [2.45, 2.75) is 350 Å². The Morgan fingerprint density at radius 1 is 0.211 bits per heavy atom. The van der Waals surface area contributed by atoms with Gasteiger partial charge < -0.3 is 13.6 Å². The maximum atomic E-state index is 7.06. The third-order valence-electron chi connectivity index (χ3n) is 16.4. The molecule has 3 aromatic carbocycles. The average molecular weight is 1070 g/mol. The Bertz CT molecular complexity index is 1570. The summed E-state index contributed by atoms with van der Waals surface area (Å²) in [6.45, 7) is 13.9. The van der Waals surface area contributed by atoms with Crippen molar-refractivity contribution in [1.82, 2.24) is 0 Å². The largest absolute Gasteiger partial charge is 0.530 e. The van der Waals surface area contributed by atoms with Gasteiger partial charge in [-0.2, -0.15) is 0 Å². The van der Waals surface area contributed by atoms with Crippen molar-refractivity contribution in [3.63, 3.8) is 0 Å². The minimum Gasteiger partial charge on any atom is -0.408 e. The van der Waals surface area contributed by atoms with Crippen LogP contribution >= 0.6 is 8.60 Å². The standard InChI is InChI=1S/C72H123O3P/c1-7-13-19-25-31-37-43-49-64-55-58-70(61-67(64)52-46-40-34-28-22-16-10-4)73-76(74-71-59-56-65(50-44-38-32-26-20-14-8-2)68(62-71)53-47-41-35-29-23-17-11-5)75-72-60-57-66(51-45-39-33-27-21-15-9-3)69(63-72)54-48-42-36-30-24-18-12-6/h55-63H,7-54H2,1-6H3. The summed E-state index contributed by atoms with van der Waals surface area (Å²) < 4.78 is 21.2. The molecule has 0 atom stereocenters. The van der Waals surface area contributed by atoms with Crippen molar-refractivity contribution in [2.24, 2.45) is 0 Å². The molecule has 0 saturated heterocycles. The van der Waals surface area contributed by atoms with Crippen molar-refractivity contribution in [1.29, 1.82) is 0 Å². The number of hydrogen-bond donors (Lipinski definition) is 0. The Hall–Kier alpha value is -2.51. The summed E-state index contributed by atoms with van der Waals surface area (Å²) in [6.07, 6.45) is 62.8. The number of benzene rings is 3. The minimum absolute atomic E-state index is 0.880. The highest BCUT2D eigenvalue weighted by Gasteiger charge is 2.23. The van der Waals surface area contributed by atoms with Gasteiger partial charge in [-0.1, -0.05) is 291 Å². The zero-order valence-electron chi connectivity index (χ0n) is 51.3. The van der Waals surface area contributed by atoms with Crippen molar-refractivity contribution in [2.75, 3.05) is 0 Å². The third-order valence-corrected chi connectivity index (χ3v) is 17.5. The van der Waals surface area contributed by atoms with Crippen LogP contribution in [0.2, 0.25) is 0 Å². The fourth-order valence-corrected chi connectivity index (χ4v) is 12.3. The van der Waals surface area contributed by atoms with Gasteiger partial charge in [-0.15, -0.1) is 0 Å². The summed E-state index contributed by atoms with van der Waals surface area (Å²) in [7, 11) is -1.79. The van der Waals surface area contributed by atoms with E-state index in [1.807, 2.05) is 0 Å². The second kappa shape index (κ2) is 48.4. The monoisotopic (exact) mass is 1070 g/mol. The molecule has 0 aromatic heterocycles. The van der Waals surface area contributed by atoms with Crippen LogP contribution in [-0.2, 0) is 38.5 Å². The van der Waals surface area contributed by atoms with Crippen LogP contribution in [0, 0.1) is 0 Å². The van der Waals surface area contributed by atoms with Gasteiger partial charge in [-0.3, -0.25) is 0 Å². The number of rotatable bonds is 54. The van der Waals surface area contributed by atoms with E-state index in [2.05, 4.69) is 96.1 Å². The molecule has 3 rings (SSSR count). The Balaban J connectivity index is 1.96. The topological polar surface area (TPSA) is 27.7 Å². The van der Waals surface area contributed by atoms with Gasteiger partial charge in [0.15, 0.2) is 0 Å². The fraction of sp³-hybridized carbons (Fsp3) is 0.750. The van der Waals surface area contributed by atoms with Gasteiger partial charge in [0, 0.05) is 0 Å². The molecule has 0 fully saturated rings. The van der Waals surface area contributed by atoms with E-state index in [4.69, 9.17) is 13.6 Å². The van der Waals surface area contributed by atoms with Crippen LogP contribution in [0.3, 0.4) is 0 Å². The molecular weight excluding hydrogens is 944 g/mol. The molecule has 0 N–H and O–H groups in total. The van der Waals surface area contributed by atoms with Gasteiger partial charge in [0.25, 0.3) is 0 Å². The van der Waals surface area contributed by atoms with Crippen LogP contribution in [0.4, 0.5) is 0 Å². The Labute approximate surface area is 474 Å². The van der Waals surface area contributed by atoms with Crippen LogP contribution in [-0.4, -0.2) is 0 Å². The zero-order chi connectivity index (χ0) is 54.2. The highest BCUT2D eigenvalue weighted by molar-refractivity contribution is 7.43. The van der Waals surface area contributed by atoms with Gasteiger partial charge in [0.2, 0.25) is 0 Å². The molecule has 0 aliphatic heterocycles. The fourth-order valence-electron chi connectivity index (χ4n) is 11.4. The summed E-state index contributed by atoms with van der Waals surface area (Å²) in [5, 5.41) is 0. The van der Waals surface area contributed by atoms with Gasteiger partial charge in [-0.25, -0.2) is 0 Å².